The minimum Gasteiger partial charge on any atom is -0.488 e. The van der Waals surface area contributed by atoms with Gasteiger partial charge in [0.15, 0.2) is 0 Å². The molecular weight excluding hydrogens is 484 g/mol. The monoisotopic (exact) mass is 500 g/mol. The molecule has 2 heterocycles. The molecule has 2 aromatic heterocycles. The third-order valence-corrected chi connectivity index (χ3v) is 7.22. The Hall–Kier alpha value is -2.15. The van der Waals surface area contributed by atoms with Crippen LogP contribution in [0, 0.1) is 0 Å². The Balaban J connectivity index is 1.55. The Morgan fingerprint density at radius 2 is 2.03 bits per heavy atom. The van der Waals surface area contributed by atoms with Crippen molar-refractivity contribution in [3.8, 4) is 17.1 Å². The summed E-state index contributed by atoms with van der Waals surface area (Å²) in [4.78, 5) is 22.9. The molecule has 0 radical (unpaired) electrons. The van der Waals surface area contributed by atoms with Crippen LogP contribution in [0.2, 0.25) is 5.02 Å². The van der Waals surface area contributed by atoms with E-state index in [2.05, 4.69) is 20.9 Å². The van der Waals surface area contributed by atoms with Crippen molar-refractivity contribution in [2.45, 2.75) is 32.3 Å². The van der Waals surface area contributed by atoms with E-state index < -0.39 is 0 Å². The quantitative estimate of drug-likeness (QED) is 0.346. The molecule has 0 bridgehead atoms. The lowest BCUT2D eigenvalue weighted by Crippen LogP contribution is -2.11. The minimum atomic E-state index is -0.0739. The average Bonchev–Trinajstić information content (AvgIpc) is 3.12. The summed E-state index contributed by atoms with van der Waals surface area (Å²) < 4.78 is 6.97. The van der Waals surface area contributed by atoms with Crippen LogP contribution >= 0.6 is 38.9 Å². The predicted molar refractivity (Wildman–Crippen MR) is 126 cm³/mol. The Morgan fingerprint density at radius 1 is 1.17 bits per heavy atom. The van der Waals surface area contributed by atoms with Gasteiger partial charge in [-0.3, -0.25) is 4.79 Å². The van der Waals surface area contributed by atoms with Crippen LogP contribution in [0.3, 0.4) is 0 Å². The minimum absolute atomic E-state index is 0.0739. The second-order valence-corrected chi connectivity index (χ2v) is 9.80. The van der Waals surface area contributed by atoms with E-state index in [1.54, 1.807) is 11.3 Å². The number of aromatic nitrogens is 2. The third-order valence-electron chi connectivity index (χ3n) is 5.31. The van der Waals surface area contributed by atoms with E-state index in [0.29, 0.717) is 23.2 Å². The van der Waals surface area contributed by atoms with Gasteiger partial charge in [-0.15, -0.1) is 11.3 Å². The van der Waals surface area contributed by atoms with Gasteiger partial charge in [-0.25, -0.2) is 4.98 Å². The highest BCUT2D eigenvalue weighted by Crippen LogP contribution is 2.36. The standard InChI is InChI=1S/C23H18BrClN2O2S/c24-14-8-9-18(29-12-13-4-3-5-15(25)10-13)17(11-14)21-26-22(28)20-16-6-1-2-7-19(16)30-23(20)27-21/h3-5,8-11H,1-2,6-7,12H2,(H,26,27,28). The zero-order valence-corrected chi connectivity index (χ0v) is 19.2. The molecule has 152 valence electrons. The maximum Gasteiger partial charge on any atom is 0.260 e. The fourth-order valence-electron chi connectivity index (χ4n) is 3.89. The highest BCUT2D eigenvalue weighted by molar-refractivity contribution is 9.10. The van der Waals surface area contributed by atoms with Crippen molar-refractivity contribution in [2.75, 3.05) is 0 Å². The van der Waals surface area contributed by atoms with Gasteiger partial charge in [-0.1, -0.05) is 39.7 Å². The molecule has 7 heteroatoms. The lowest BCUT2D eigenvalue weighted by atomic mass is 9.97. The van der Waals surface area contributed by atoms with Gasteiger partial charge in [0.1, 0.15) is 23.0 Å². The lowest BCUT2D eigenvalue weighted by molar-refractivity contribution is 0.307. The molecule has 2 aromatic carbocycles. The Kier molecular flexibility index (Phi) is 5.39. The molecule has 4 nitrogen and oxygen atoms in total. The van der Waals surface area contributed by atoms with Gasteiger partial charge < -0.3 is 9.72 Å². The van der Waals surface area contributed by atoms with Crippen LogP contribution in [-0.2, 0) is 19.4 Å². The first-order chi connectivity index (χ1) is 14.6. The van der Waals surface area contributed by atoms with Crippen molar-refractivity contribution in [1.82, 2.24) is 9.97 Å². The molecule has 0 saturated heterocycles. The van der Waals surface area contributed by atoms with Crippen molar-refractivity contribution in [3.05, 3.63) is 78.3 Å². The summed E-state index contributed by atoms with van der Waals surface area (Å²) >= 11 is 11.3. The van der Waals surface area contributed by atoms with Crippen molar-refractivity contribution in [3.63, 3.8) is 0 Å². The number of rotatable bonds is 4. The van der Waals surface area contributed by atoms with Gasteiger partial charge in [0.05, 0.1) is 10.9 Å². The van der Waals surface area contributed by atoms with Gasteiger partial charge in [-0.05, 0) is 67.1 Å². The van der Waals surface area contributed by atoms with Crippen LogP contribution in [0.15, 0.2) is 51.7 Å². The number of benzene rings is 2. The molecule has 30 heavy (non-hydrogen) atoms. The number of thiophene rings is 1. The zero-order chi connectivity index (χ0) is 20.7. The number of H-pyrrole nitrogens is 1. The van der Waals surface area contributed by atoms with Crippen molar-refractivity contribution < 1.29 is 4.74 Å². The SMILES string of the molecule is O=c1[nH]c(-c2cc(Br)ccc2OCc2cccc(Cl)c2)nc2sc3c(c12)CCCC3. The maximum atomic E-state index is 13.0. The van der Waals surface area contributed by atoms with Crippen LogP contribution in [0.1, 0.15) is 28.8 Å². The molecule has 0 aliphatic heterocycles. The highest BCUT2D eigenvalue weighted by Gasteiger charge is 2.21. The second kappa shape index (κ2) is 8.17. The Morgan fingerprint density at radius 3 is 2.90 bits per heavy atom. The molecule has 4 aromatic rings. The summed E-state index contributed by atoms with van der Waals surface area (Å²) in [6.07, 6.45) is 4.31. The molecule has 0 fully saturated rings. The average molecular weight is 502 g/mol. The number of aryl methyl sites for hydroxylation is 2. The number of hydrogen-bond acceptors (Lipinski definition) is 4. The molecule has 1 aliphatic carbocycles. The number of aromatic amines is 1. The first-order valence-corrected chi connectivity index (χ1v) is 11.8. The largest absolute Gasteiger partial charge is 0.488 e. The summed E-state index contributed by atoms with van der Waals surface area (Å²) in [6.45, 7) is 0.370. The fourth-order valence-corrected chi connectivity index (χ4v) is 5.73. The van der Waals surface area contributed by atoms with Crippen molar-refractivity contribution in [2.24, 2.45) is 0 Å². The van der Waals surface area contributed by atoms with E-state index in [-0.39, 0.29) is 5.56 Å². The first-order valence-electron chi connectivity index (χ1n) is 9.80. The summed E-state index contributed by atoms with van der Waals surface area (Å²) in [7, 11) is 0. The smallest absolute Gasteiger partial charge is 0.260 e. The lowest BCUT2D eigenvalue weighted by Gasteiger charge is -2.12. The molecule has 5 rings (SSSR count). The first kappa shape index (κ1) is 19.8. The van der Waals surface area contributed by atoms with E-state index in [9.17, 15) is 4.79 Å². The van der Waals surface area contributed by atoms with E-state index >= 15 is 0 Å². The topological polar surface area (TPSA) is 55.0 Å². The van der Waals surface area contributed by atoms with Crippen LogP contribution in [0.4, 0.5) is 0 Å². The van der Waals surface area contributed by atoms with Crippen molar-refractivity contribution >= 4 is 49.1 Å². The molecular formula is C23H18BrClN2O2S. The highest BCUT2D eigenvalue weighted by atomic mass is 79.9. The van der Waals surface area contributed by atoms with Gasteiger partial charge in [-0.2, -0.15) is 0 Å². The molecule has 1 aliphatic rings. The van der Waals surface area contributed by atoms with Gasteiger partial charge in [0.2, 0.25) is 0 Å². The Labute approximate surface area is 191 Å². The van der Waals surface area contributed by atoms with Crippen LogP contribution in [-0.4, -0.2) is 9.97 Å². The number of nitrogens with one attached hydrogen (secondary N) is 1. The second-order valence-electron chi connectivity index (χ2n) is 7.36. The van der Waals surface area contributed by atoms with Crippen molar-refractivity contribution in [1.29, 1.82) is 0 Å². The summed E-state index contributed by atoms with van der Waals surface area (Å²) in [5.74, 6) is 1.18. The van der Waals surface area contributed by atoms with E-state index in [4.69, 9.17) is 21.3 Å². The molecule has 1 N–H and O–H groups in total. The predicted octanol–water partition coefficient (Wildman–Crippen LogP) is 6.53. The van der Waals surface area contributed by atoms with Crippen LogP contribution in [0.5, 0.6) is 5.75 Å². The van der Waals surface area contributed by atoms with E-state index in [1.807, 2.05) is 42.5 Å². The molecule has 0 unspecified atom stereocenters. The summed E-state index contributed by atoms with van der Waals surface area (Å²) in [5, 5.41) is 1.43. The molecule has 0 amide bonds. The summed E-state index contributed by atoms with van der Waals surface area (Å²) in [6, 6.07) is 13.3. The van der Waals surface area contributed by atoms with E-state index in [0.717, 1.165) is 45.1 Å². The normalized spacial score (nSPS) is 13.4. The van der Waals surface area contributed by atoms with Gasteiger partial charge in [0.25, 0.3) is 5.56 Å². The zero-order valence-electron chi connectivity index (χ0n) is 16.0. The summed E-state index contributed by atoms with van der Waals surface area (Å²) in [5.41, 5.74) is 2.83. The third kappa shape index (κ3) is 3.80. The van der Waals surface area contributed by atoms with Gasteiger partial charge >= 0.3 is 0 Å². The number of halogens is 2. The number of fused-ring (bicyclic) bond motifs is 3. The Bertz CT molecular complexity index is 1310. The molecule has 0 spiro atoms. The number of nitrogens with zero attached hydrogens (tertiary/aromatic N) is 1. The van der Waals surface area contributed by atoms with E-state index in [1.165, 1.54) is 16.9 Å². The maximum absolute atomic E-state index is 13.0. The van der Waals surface area contributed by atoms with Crippen LogP contribution < -0.4 is 10.3 Å². The van der Waals surface area contributed by atoms with Crippen LogP contribution in [0.25, 0.3) is 21.6 Å². The fraction of sp³-hybridized carbons (Fsp3) is 0.217. The van der Waals surface area contributed by atoms with Gasteiger partial charge in [0, 0.05) is 14.4 Å². The molecule has 0 atom stereocenters. The molecule has 0 saturated carbocycles. The number of ether oxygens (including phenoxy) is 1. The number of hydrogen-bond donors (Lipinski definition) is 1.